The van der Waals surface area contributed by atoms with Crippen molar-refractivity contribution in [1.29, 1.82) is 0 Å². The average Bonchev–Trinajstić information content (AvgIpc) is 2.29. The molecule has 3 heteroatoms. The first-order chi connectivity index (χ1) is 7.36. The van der Waals surface area contributed by atoms with Crippen molar-refractivity contribution in [2.45, 2.75) is 19.4 Å². The Morgan fingerprint density at radius 2 is 2.40 bits per heavy atom. The molecule has 0 saturated heterocycles. The minimum Gasteiger partial charge on any atom is -0.481 e. The van der Waals surface area contributed by atoms with Crippen molar-refractivity contribution >= 4 is 0 Å². The monoisotopic (exact) mass is 204 g/mol. The van der Waals surface area contributed by atoms with Crippen molar-refractivity contribution in [3.8, 4) is 18.2 Å². The van der Waals surface area contributed by atoms with Gasteiger partial charge in [0, 0.05) is 19.0 Å². The lowest BCUT2D eigenvalue weighted by atomic mass is 10.3. The Hall–Kier alpha value is -1.53. The summed E-state index contributed by atoms with van der Waals surface area (Å²) in [6.45, 7) is 1.67. The molecule has 0 saturated carbocycles. The number of rotatable bonds is 6. The molecule has 1 aromatic heterocycles. The molecule has 1 rings (SSSR count). The third kappa shape index (κ3) is 4.48. The second kappa shape index (κ2) is 6.86. The van der Waals surface area contributed by atoms with E-state index in [-0.39, 0.29) is 0 Å². The number of hydrogen-bond acceptors (Lipinski definition) is 3. The number of ether oxygens (including phenoxy) is 1. The number of pyridine rings is 1. The van der Waals surface area contributed by atoms with Crippen molar-refractivity contribution in [3.05, 3.63) is 23.9 Å². The Labute approximate surface area is 90.9 Å². The average molecular weight is 204 g/mol. The van der Waals surface area contributed by atoms with Crippen LogP contribution in [0.3, 0.4) is 0 Å². The van der Waals surface area contributed by atoms with Crippen LogP contribution in [0.2, 0.25) is 0 Å². The van der Waals surface area contributed by atoms with E-state index in [1.807, 2.05) is 18.2 Å². The van der Waals surface area contributed by atoms with Crippen LogP contribution in [-0.4, -0.2) is 18.6 Å². The predicted molar refractivity (Wildman–Crippen MR) is 60.6 cm³/mol. The fourth-order valence-corrected chi connectivity index (χ4v) is 1.20. The Morgan fingerprint density at radius 1 is 1.53 bits per heavy atom. The smallest absolute Gasteiger partial charge is 0.213 e. The van der Waals surface area contributed by atoms with Crippen molar-refractivity contribution in [3.63, 3.8) is 0 Å². The maximum atomic E-state index is 5.15. The van der Waals surface area contributed by atoms with Crippen LogP contribution in [0.25, 0.3) is 0 Å². The number of hydrogen-bond donors (Lipinski definition) is 1. The van der Waals surface area contributed by atoms with Crippen LogP contribution in [0.4, 0.5) is 0 Å². The fourth-order valence-electron chi connectivity index (χ4n) is 1.20. The van der Waals surface area contributed by atoms with Gasteiger partial charge in [0.2, 0.25) is 5.88 Å². The number of unbranched alkanes of at least 4 members (excludes halogenated alkanes) is 1. The zero-order chi connectivity index (χ0) is 10.9. The molecule has 0 unspecified atom stereocenters. The Balaban J connectivity index is 2.28. The highest BCUT2D eigenvalue weighted by molar-refractivity contribution is 5.15. The van der Waals surface area contributed by atoms with E-state index in [1.54, 1.807) is 7.11 Å². The lowest BCUT2D eigenvalue weighted by Gasteiger charge is -2.04. The largest absolute Gasteiger partial charge is 0.481 e. The Bertz CT molecular complexity index is 331. The van der Waals surface area contributed by atoms with Crippen LogP contribution in [-0.2, 0) is 6.54 Å². The highest BCUT2D eigenvalue weighted by atomic mass is 16.5. The van der Waals surface area contributed by atoms with Gasteiger partial charge < -0.3 is 10.1 Å². The summed E-state index contributed by atoms with van der Waals surface area (Å²) < 4.78 is 5.03. The summed E-state index contributed by atoms with van der Waals surface area (Å²) in [7, 11) is 1.62. The molecule has 0 radical (unpaired) electrons. The van der Waals surface area contributed by atoms with Gasteiger partial charge in [-0.25, -0.2) is 4.98 Å². The molecular weight excluding hydrogens is 188 g/mol. The molecule has 0 amide bonds. The number of nitrogens with one attached hydrogen (secondary N) is 1. The molecule has 3 nitrogen and oxygen atoms in total. The number of methoxy groups -OCH3 is 1. The molecule has 0 aromatic carbocycles. The predicted octanol–water partition coefficient (Wildman–Crippen LogP) is 1.59. The van der Waals surface area contributed by atoms with E-state index in [2.05, 4.69) is 16.2 Å². The highest BCUT2D eigenvalue weighted by Gasteiger charge is 1.96. The van der Waals surface area contributed by atoms with E-state index < -0.39 is 0 Å². The number of terminal acetylenes is 1. The minimum absolute atomic E-state index is 0.651. The van der Waals surface area contributed by atoms with Gasteiger partial charge in [0.25, 0.3) is 0 Å². The zero-order valence-electron chi connectivity index (χ0n) is 8.99. The van der Waals surface area contributed by atoms with Gasteiger partial charge in [-0.2, -0.15) is 0 Å². The third-order valence-electron chi connectivity index (χ3n) is 1.97. The van der Waals surface area contributed by atoms with Crippen molar-refractivity contribution in [2.75, 3.05) is 13.7 Å². The molecule has 80 valence electrons. The van der Waals surface area contributed by atoms with Crippen molar-refractivity contribution in [1.82, 2.24) is 10.3 Å². The van der Waals surface area contributed by atoms with E-state index >= 15 is 0 Å². The van der Waals surface area contributed by atoms with Gasteiger partial charge in [-0.15, -0.1) is 12.3 Å². The van der Waals surface area contributed by atoms with Gasteiger partial charge in [-0.05, 0) is 19.0 Å². The second-order valence-electron chi connectivity index (χ2n) is 3.16. The molecular formula is C12H16N2O. The topological polar surface area (TPSA) is 34.1 Å². The molecule has 0 aliphatic heterocycles. The molecule has 0 fully saturated rings. The van der Waals surface area contributed by atoms with E-state index in [1.165, 1.54) is 0 Å². The Kier molecular flexibility index (Phi) is 5.28. The van der Waals surface area contributed by atoms with E-state index in [0.29, 0.717) is 5.88 Å². The van der Waals surface area contributed by atoms with Crippen LogP contribution in [0.5, 0.6) is 5.88 Å². The summed E-state index contributed by atoms with van der Waals surface area (Å²) >= 11 is 0. The highest BCUT2D eigenvalue weighted by Crippen LogP contribution is 2.05. The molecule has 0 bridgehead atoms. The lowest BCUT2D eigenvalue weighted by Crippen LogP contribution is -2.15. The normalized spacial score (nSPS) is 9.60. The molecule has 0 aliphatic carbocycles. The summed E-state index contributed by atoms with van der Waals surface area (Å²) in [5.74, 6) is 3.26. The first-order valence-electron chi connectivity index (χ1n) is 5.01. The van der Waals surface area contributed by atoms with Crippen molar-refractivity contribution in [2.24, 2.45) is 0 Å². The maximum absolute atomic E-state index is 5.15. The van der Waals surface area contributed by atoms with Crippen LogP contribution in [0.1, 0.15) is 18.5 Å². The number of aromatic nitrogens is 1. The Morgan fingerprint density at radius 3 is 3.13 bits per heavy atom. The quantitative estimate of drug-likeness (QED) is 0.564. The fraction of sp³-hybridized carbons (Fsp3) is 0.417. The molecule has 0 spiro atoms. The van der Waals surface area contributed by atoms with Gasteiger partial charge in [0.15, 0.2) is 0 Å². The van der Waals surface area contributed by atoms with Crippen LogP contribution in [0, 0.1) is 12.3 Å². The molecule has 1 heterocycles. The van der Waals surface area contributed by atoms with Crippen LogP contribution < -0.4 is 10.1 Å². The zero-order valence-corrected chi connectivity index (χ0v) is 8.99. The van der Waals surface area contributed by atoms with Gasteiger partial charge in [0.1, 0.15) is 0 Å². The van der Waals surface area contributed by atoms with Gasteiger partial charge in [-0.3, -0.25) is 0 Å². The van der Waals surface area contributed by atoms with Crippen LogP contribution in [0.15, 0.2) is 18.2 Å². The third-order valence-corrected chi connectivity index (χ3v) is 1.97. The summed E-state index contributed by atoms with van der Waals surface area (Å²) in [4.78, 5) is 4.28. The first-order valence-corrected chi connectivity index (χ1v) is 5.01. The lowest BCUT2D eigenvalue weighted by molar-refractivity contribution is 0.395. The SMILES string of the molecule is C#CCCCNCc1cccc(OC)n1. The summed E-state index contributed by atoms with van der Waals surface area (Å²) in [6.07, 6.45) is 6.97. The summed E-state index contributed by atoms with van der Waals surface area (Å²) in [5.41, 5.74) is 0.982. The van der Waals surface area contributed by atoms with E-state index in [4.69, 9.17) is 11.2 Å². The molecule has 0 atom stereocenters. The number of nitrogens with zero attached hydrogens (tertiary/aromatic N) is 1. The van der Waals surface area contributed by atoms with Gasteiger partial charge in [-0.1, -0.05) is 6.07 Å². The molecule has 0 aliphatic rings. The second-order valence-corrected chi connectivity index (χ2v) is 3.16. The van der Waals surface area contributed by atoms with E-state index in [0.717, 1.165) is 31.6 Å². The van der Waals surface area contributed by atoms with Crippen LogP contribution >= 0.6 is 0 Å². The molecule has 15 heavy (non-hydrogen) atoms. The molecule has 1 N–H and O–H groups in total. The summed E-state index contributed by atoms with van der Waals surface area (Å²) in [6, 6.07) is 5.74. The maximum Gasteiger partial charge on any atom is 0.213 e. The standard InChI is InChI=1S/C12H16N2O/c1-3-4-5-9-13-10-11-7-6-8-12(14-11)15-2/h1,6-8,13H,4-5,9-10H2,2H3. The van der Waals surface area contributed by atoms with Crippen molar-refractivity contribution < 1.29 is 4.74 Å². The minimum atomic E-state index is 0.651. The molecule has 1 aromatic rings. The first kappa shape index (κ1) is 11.5. The van der Waals surface area contributed by atoms with Gasteiger partial charge >= 0.3 is 0 Å². The van der Waals surface area contributed by atoms with Gasteiger partial charge in [0.05, 0.1) is 12.8 Å². The van der Waals surface area contributed by atoms with E-state index in [9.17, 15) is 0 Å². The summed E-state index contributed by atoms with van der Waals surface area (Å²) in [5, 5.41) is 3.27.